The molecule has 2 heterocycles. The number of nitrogens with one attached hydrogen (secondary N) is 3. The summed E-state index contributed by atoms with van der Waals surface area (Å²) in [4.78, 5) is 33.5. The molecule has 0 unspecified atom stereocenters. The third-order valence-corrected chi connectivity index (χ3v) is 4.11. The Bertz CT molecular complexity index is 678. The van der Waals surface area contributed by atoms with Crippen molar-refractivity contribution in [2.45, 2.75) is 18.9 Å². The number of nitrogens with zero attached hydrogens (tertiary/aromatic N) is 2. The minimum Gasteiger partial charge on any atom is -0.358 e. The van der Waals surface area contributed by atoms with E-state index in [9.17, 15) is 9.59 Å². The highest BCUT2D eigenvalue weighted by atomic mass is 16.2. The Labute approximate surface area is 134 Å². The molecule has 122 valence electrons. The third kappa shape index (κ3) is 3.50. The van der Waals surface area contributed by atoms with Gasteiger partial charge in [-0.25, -0.2) is 4.98 Å². The summed E-state index contributed by atoms with van der Waals surface area (Å²) in [6, 6.07) is 7.48. The number of aryl methyl sites for hydroxylation is 1. The summed E-state index contributed by atoms with van der Waals surface area (Å²) in [5.74, 6) is 0.790. The first-order chi connectivity index (χ1) is 11.2. The van der Waals surface area contributed by atoms with Crippen LogP contribution in [0.15, 0.2) is 24.3 Å². The molecular weight excluding hydrogens is 294 g/mol. The zero-order valence-electron chi connectivity index (χ0n) is 13.1. The molecule has 7 nitrogen and oxygen atoms in total. The van der Waals surface area contributed by atoms with Crippen molar-refractivity contribution in [3.8, 4) is 0 Å². The van der Waals surface area contributed by atoms with E-state index in [0.717, 1.165) is 16.9 Å². The second kappa shape index (κ2) is 6.78. The second-order valence-electron chi connectivity index (χ2n) is 5.66. The lowest BCUT2D eigenvalue weighted by atomic mass is 10.1. The minimum atomic E-state index is -0.330. The predicted octanol–water partition coefficient (Wildman–Crippen LogP) is 0.0419. The van der Waals surface area contributed by atoms with Crippen molar-refractivity contribution < 1.29 is 9.59 Å². The molecule has 1 aliphatic heterocycles. The van der Waals surface area contributed by atoms with Crippen molar-refractivity contribution in [3.05, 3.63) is 30.1 Å². The van der Waals surface area contributed by atoms with Crippen molar-refractivity contribution >= 4 is 22.8 Å². The van der Waals surface area contributed by atoms with E-state index in [1.807, 2.05) is 24.3 Å². The third-order valence-electron chi connectivity index (χ3n) is 4.11. The molecular formula is C16H21N5O2. The van der Waals surface area contributed by atoms with Crippen LogP contribution < -0.4 is 10.6 Å². The van der Waals surface area contributed by atoms with Gasteiger partial charge < -0.3 is 20.5 Å². The van der Waals surface area contributed by atoms with Gasteiger partial charge in [0.1, 0.15) is 11.9 Å². The fourth-order valence-corrected chi connectivity index (χ4v) is 2.83. The fourth-order valence-electron chi connectivity index (χ4n) is 2.83. The molecule has 0 spiro atoms. The fraction of sp³-hybridized carbons (Fsp3) is 0.438. The average molecular weight is 315 g/mol. The molecule has 0 bridgehead atoms. The summed E-state index contributed by atoms with van der Waals surface area (Å²) in [6.45, 7) is 1.68. The Morgan fingerprint density at radius 3 is 3.00 bits per heavy atom. The zero-order valence-corrected chi connectivity index (χ0v) is 13.1. The summed E-state index contributed by atoms with van der Waals surface area (Å²) >= 11 is 0. The van der Waals surface area contributed by atoms with E-state index in [1.54, 1.807) is 11.9 Å². The van der Waals surface area contributed by atoms with Gasteiger partial charge in [0.05, 0.1) is 11.0 Å². The Kier molecular flexibility index (Phi) is 4.57. The maximum Gasteiger partial charge on any atom is 0.238 e. The van der Waals surface area contributed by atoms with Gasteiger partial charge in [-0.1, -0.05) is 12.1 Å². The lowest BCUT2D eigenvalue weighted by Crippen LogP contribution is -2.57. The molecule has 1 aliphatic rings. The Hall–Kier alpha value is -2.41. The topological polar surface area (TPSA) is 90.1 Å². The number of rotatable bonds is 4. The van der Waals surface area contributed by atoms with E-state index in [2.05, 4.69) is 20.6 Å². The van der Waals surface area contributed by atoms with Crippen LogP contribution in [0.1, 0.15) is 12.2 Å². The summed E-state index contributed by atoms with van der Waals surface area (Å²) < 4.78 is 0. The molecule has 1 atom stereocenters. The number of fused-ring (bicyclic) bond motifs is 1. The monoisotopic (exact) mass is 315 g/mol. The van der Waals surface area contributed by atoms with Crippen LogP contribution >= 0.6 is 0 Å². The number of para-hydroxylation sites is 2. The summed E-state index contributed by atoms with van der Waals surface area (Å²) in [6.07, 6.45) is 0.961. The standard InChI is InChI=1S/C16H21N5O2/c1-17-16(23)13-10-21(9-8-18-13)15(22)7-6-14-19-11-4-2-3-5-12(11)20-14/h2-5,13,18H,6-10H2,1H3,(H,17,23)(H,19,20)/t13-/m1/s1. The minimum absolute atomic E-state index is 0.0564. The molecule has 1 fully saturated rings. The van der Waals surface area contributed by atoms with Crippen molar-refractivity contribution in [3.63, 3.8) is 0 Å². The molecule has 1 aromatic heterocycles. The first-order valence-corrected chi connectivity index (χ1v) is 7.84. The average Bonchev–Trinajstić information content (AvgIpc) is 3.02. The number of imidazole rings is 1. The molecule has 3 rings (SSSR count). The van der Waals surface area contributed by atoms with Gasteiger partial charge in [0.25, 0.3) is 0 Å². The second-order valence-corrected chi connectivity index (χ2v) is 5.66. The van der Waals surface area contributed by atoms with Crippen LogP contribution in [0.2, 0.25) is 0 Å². The molecule has 3 N–H and O–H groups in total. The highest BCUT2D eigenvalue weighted by molar-refractivity contribution is 5.83. The number of amides is 2. The smallest absolute Gasteiger partial charge is 0.238 e. The van der Waals surface area contributed by atoms with Crippen LogP contribution in [0, 0.1) is 0 Å². The van der Waals surface area contributed by atoms with Crippen molar-refractivity contribution in [1.29, 1.82) is 0 Å². The van der Waals surface area contributed by atoms with Crippen LogP contribution in [-0.4, -0.2) is 59.4 Å². The van der Waals surface area contributed by atoms with E-state index in [-0.39, 0.29) is 17.9 Å². The van der Waals surface area contributed by atoms with Crippen LogP contribution in [0.3, 0.4) is 0 Å². The number of benzene rings is 1. The van der Waals surface area contributed by atoms with Crippen molar-refractivity contribution in [2.75, 3.05) is 26.7 Å². The van der Waals surface area contributed by atoms with Crippen LogP contribution in [0.5, 0.6) is 0 Å². The van der Waals surface area contributed by atoms with Gasteiger partial charge in [0.15, 0.2) is 0 Å². The number of H-pyrrole nitrogens is 1. The van der Waals surface area contributed by atoms with E-state index in [0.29, 0.717) is 32.5 Å². The summed E-state index contributed by atoms with van der Waals surface area (Å²) in [5, 5.41) is 5.73. The van der Waals surface area contributed by atoms with E-state index in [1.165, 1.54) is 0 Å². The van der Waals surface area contributed by atoms with Crippen molar-refractivity contribution in [2.24, 2.45) is 0 Å². The highest BCUT2D eigenvalue weighted by Crippen LogP contribution is 2.12. The van der Waals surface area contributed by atoms with E-state index in [4.69, 9.17) is 0 Å². The molecule has 23 heavy (non-hydrogen) atoms. The van der Waals surface area contributed by atoms with Gasteiger partial charge in [0.2, 0.25) is 11.8 Å². The van der Waals surface area contributed by atoms with E-state index >= 15 is 0 Å². The number of hydrogen-bond donors (Lipinski definition) is 3. The SMILES string of the molecule is CNC(=O)[C@H]1CN(C(=O)CCc2nc3ccccc3[nH]2)CCN1. The number of aromatic amines is 1. The Balaban J connectivity index is 1.57. The number of carbonyl (C=O) groups excluding carboxylic acids is 2. The van der Waals surface area contributed by atoms with Gasteiger partial charge in [-0.2, -0.15) is 0 Å². The van der Waals surface area contributed by atoms with Crippen molar-refractivity contribution in [1.82, 2.24) is 25.5 Å². The molecule has 2 aromatic rings. The van der Waals surface area contributed by atoms with Gasteiger partial charge >= 0.3 is 0 Å². The molecule has 1 saturated heterocycles. The number of carbonyl (C=O) groups is 2. The van der Waals surface area contributed by atoms with Gasteiger partial charge in [-0.05, 0) is 12.1 Å². The van der Waals surface area contributed by atoms with Gasteiger partial charge in [0, 0.05) is 39.5 Å². The molecule has 1 aromatic carbocycles. The summed E-state index contributed by atoms with van der Waals surface area (Å²) in [7, 11) is 1.60. The van der Waals surface area contributed by atoms with Crippen LogP contribution in [-0.2, 0) is 16.0 Å². The van der Waals surface area contributed by atoms with Gasteiger partial charge in [-0.15, -0.1) is 0 Å². The molecule has 0 aliphatic carbocycles. The molecule has 7 heteroatoms. The maximum atomic E-state index is 12.4. The molecule has 0 radical (unpaired) electrons. The van der Waals surface area contributed by atoms with Gasteiger partial charge in [-0.3, -0.25) is 9.59 Å². The number of hydrogen-bond acceptors (Lipinski definition) is 4. The Morgan fingerprint density at radius 2 is 2.22 bits per heavy atom. The quantitative estimate of drug-likeness (QED) is 0.743. The Morgan fingerprint density at radius 1 is 1.39 bits per heavy atom. The highest BCUT2D eigenvalue weighted by Gasteiger charge is 2.27. The molecule has 2 amide bonds. The van der Waals surface area contributed by atoms with Crippen LogP contribution in [0.4, 0.5) is 0 Å². The normalized spacial score (nSPS) is 18.1. The first kappa shape index (κ1) is 15.5. The largest absolute Gasteiger partial charge is 0.358 e. The van der Waals surface area contributed by atoms with Crippen LogP contribution in [0.25, 0.3) is 11.0 Å². The summed E-state index contributed by atoms with van der Waals surface area (Å²) in [5.41, 5.74) is 1.90. The molecule has 0 saturated carbocycles. The number of aromatic nitrogens is 2. The predicted molar refractivity (Wildman–Crippen MR) is 86.9 cm³/mol. The van der Waals surface area contributed by atoms with E-state index < -0.39 is 0 Å². The maximum absolute atomic E-state index is 12.4. The zero-order chi connectivity index (χ0) is 16.2. The number of likely N-dealkylation sites (N-methyl/N-ethyl adjacent to an activating group) is 1. The lowest BCUT2D eigenvalue weighted by Gasteiger charge is -2.32. The lowest BCUT2D eigenvalue weighted by molar-refractivity contribution is -0.134. The first-order valence-electron chi connectivity index (χ1n) is 7.84. The number of piperazine rings is 1.